The highest BCUT2D eigenvalue weighted by Crippen LogP contribution is 2.38. The first-order valence-corrected chi connectivity index (χ1v) is 11.7. The Balaban J connectivity index is 1.62. The second-order valence-corrected chi connectivity index (χ2v) is 9.05. The van der Waals surface area contributed by atoms with Crippen LogP contribution in [0.1, 0.15) is 53.1 Å². The summed E-state index contributed by atoms with van der Waals surface area (Å²) in [5.74, 6) is -0.442. The van der Waals surface area contributed by atoms with Crippen LogP contribution in [0, 0.1) is 0 Å². The van der Waals surface area contributed by atoms with Crippen LogP contribution in [0.25, 0.3) is 0 Å². The predicted molar refractivity (Wildman–Crippen MR) is 124 cm³/mol. The van der Waals surface area contributed by atoms with E-state index in [1.54, 1.807) is 32.0 Å². The number of fused-ring (bicyclic) bond motifs is 1. The van der Waals surface area contributed by atoms with Crippen molar-refractivity contribution < 1.29 is 33.3 Å². The van der Waals surface area contributed by atoms with Gasteiger partial charge in [0, 0.05) is 4.88 Å². The monoisotopic (exact) mass is 475 g/mol. The third-order valence-electron chi connectivity index (χ3n) is 5.13. The maximum absolute atomic E-state index is 12.7. The number of carbonyl (C=O) groups is 3. The fraction of sp³-hybridized carbons (Fsp3) is 0.458. The van der Waals surface area contributed by atoms with Crippen molar-refractivity contribution in [2.24, 2.45) is 0 Å². The summed E-state index contributed by atoms with van der Waals surface area (Å²) in [6.07, 6.45) is 3.41. The zero-order valence-corrected chi connectivity index (χ0v) is 20.1. The second kappa shape index (κ2) is 11.2. The number of amides is 1. The Morgan fingerprint density at radius 3 is 2.48 bits per heavy atom. The molecule has 0 unspecified atom stereocenters. The third-order valence-corrected chi connectivity index (χ3v) is 6.34. The van der Waals surface area contributed by atoms with E-state index in [4.69, 9.17) is 18.9 Å². The third kappa shape index (κ3) is 6.25. The maximum atomic E-state index is 12.7. The van der Waals surface area contributed by atoms with Crippen molar-refractivity contribution in [2.45, 2.75) is 52.1 Å². The van der Waals surface area contributed by atoms with Gasteiger partial charge in [-0.2, -0.15) is 0 Å². The summed E-state index contributed by atoms with van der Waals surface area (Å²) in [4.78, 5) is 38.5. The lowest BCUT2D eigenvalue weighted by atomic mass is 9.95. The van der Waals surface area contributed by atoms with Crippen LogP contribution < -0.4 is 14.8 Å². The Hall–Kier alpha value is -3.07. The fourth-order valence-electron chi connectivity index (χ4n) is 3.66. The number of nitrogens with one attached hydrogen (secondary N) is 1. The van der Waals surface area contributed by atoms with E-state index in [1.165, 1.54) is 25.6 Å². The lowest BCUT2D eigenvalue weighted by Crippen LogP contribution is -2.23. The van der Waals surface area contributed by atoms with E-state index in [-0.39, 0.29) is 12.5 Å². The molecule has 1 aliphatic rings. The number of esters is 2. The van der Waals surface area contributed by atoms with Crippen LogP contribution in [0.2, 0.25) is 0 Å². The molecule has 0 spiro atoms. The van der Waals surface area contributed by atoms with Crippen molar-refractivity contribution in [1.29, 1.82) is 0 Å². The van der Waals surface area contributed by atoms with E-state index in [9.17, 15) is 14.4 Å². The van der Waals surface area contributed by atoms with Gasteiger partial charge >= 0.3 is 11.9 Å². The summed E-state index contributed by atoms with van der Waals surface area (Å²) < 4.78 is 21.0. The summed E-state index contributed by atoms with van der Waals surface area (Å²) in [7, 11) is 3.04. The van der Waals surface area contributed by atoms with Gasteiger partial charge in [0.25, 0.3) is 5.91 Å². The van der Waals surface area contributed by atoms with Gasteiger partial charge in [-0.3, -0.25) is 9.59 Å². The summed E-state index contributed by atoms with van der Waals surface area (Å²) >= 11 is 1.39. The number of thiophene rings is 1. The molecule has 33 heavy (non-hydrogen) atoms. The van der Waals surface area contributed by atoms with Crippen molar-refractivity contribution in [2.75, 3.05) is 26.1 Å². The van der Waals surface area contributed by atoms with Gasteiger partial charge < -0.3 is 24.3 Å². The molecule has 0 atom stereocenters. The molecule has 2 aromatic rings. The molecule has 1 heterocycles. The minimum atomic E-state index is -0.553. The van der Waals surface area contributed by atoms with Crippen molar-refractivity contribution >= 4 is 34.2 Å². The lowest BCUT2D eigenvalue weighted by molar-refractivity contribution is -0.146. The van der Waals surface area contributed by atoms with Gasteiger partial charge in [-0.15, -0.1) is 11.3 Å². The summed E-state index contributed by atoms with van der Waals surface area (Å²) in [5.41, 5.74) is 2.05. The number of carbonyl (C=O) groups excluding carboxylic acids is 3. The SMILES string of the molecule is COc1ccc(CC(=O)OCC(=O)Nc2sc3c(c2C(=O)OC(C)C)CCCC3)cc1OC. The minimum absolute atomic E-state index is 0.0209. The molecule has 1 aliphatic carbocycles. The molecule has 178 valence electrons. The highest BCUT2D eigenvalue weighted by molar-refractivity contribution is 7.17. The van der Waals surface area contributed by atoms with E-state index >= 15 is 0 Å². The number of methoxy groups -OCH3 is 2. The number of ether oxygens (including phenoxy) is 4. The van der Waals surface area contributed by atoms with E-state index in [1.807, 2.05) is 0 Å². The quantitative estimate of drug-likeness (QED) is 0.549. The van der Waals surface area contributed by atoms with Gasteiger partial charge in [0.05, 0.1) is 32.3 Å². The van der Waals surface area contributed by atoms with Crippen molar-refractivity contribution in [1.82, 2.24) is 0 Å². The van der Waals surface area contributed by atoms with Gasteiger partial charge in [0.2, 0.25) is 0 Å². The normalized spacial score (nSPS) is 12.6. The summed E-state index contributed by atoms with van der Waals surface area (Å²) in [6, 6.07) is 5.11. The Labute approximate surface area is 197 Å². The molecule has 0 aliphatic heterocycles. The molecule has 1 aromatic carbocycles. The van der Waals surface area contributed by atoms with Crippen LogP contribution in [0.5, 0.6) is 11.5 Å². The van der Waals surface area contributed by atoms with Crippen LogP contribution in [0.4, 0.5) is 5.00 Å². The van der Waals surface area contributed by atoms with Gasteiger partial charge in [-0.05, 0) is 62.8 Å². The van der Waals surface area contributed by atoms with E-state index in [0.717, 1.165) is 36.1 Å². The molecule has 9 heteroatoms. The number of anilines is 1. The summed E-state index contributed by atoms with van der Waals surface area (Å²) in [6.45, 7) is 3.12. The van der Waals surface area contributed by atoms with Crippen LogP contribution in [-0.4, -0.2) is 44.8 Å². The number of hydrogen-bond donors (Lipinski definition) is 1. The molecule has 1 amide bonds. The standard InChI is InChI=1S/C24H29NO7S/c1-14(2)32-24(28)22-16-7-5-6-8-19(16)33-23(22)25-20(26)13-31-21(27)12-15-9-10-17(29-3)18(11-15)30-4/h9-11,14H,5-8,12-13H2,1-4H3,(H,25,26). The molecule has 1 aromatic heterocycles. The number of hydrogen-bond acceptors (Lipinski definition) is 8. The van der Waals surface area contributed by atoms with E-state index in [0.29, 0.717) is 27.6 Å². The molecule has 0 fully saturated rings. The first-order valence-electron chi connectivity index (χ1n) is 10.8. The average Bonchev–Trinajstić information content (AvgIpc) is 3.15. The molecule has 8 nitrogen and oxygen atoms in total. The zero-order chi connectivity index (χ0) is 24.0. The van der Waals surface area contributed by atoms with Gasteiger partial charge in [-0.25, -0.2) is 4.79 Å². The number of rotatable bonds is 9. The van der Waals surface area contributed by atoms with Gasteiger partial charge in [0.15, 0.2) is 18.1 Å². The lowest BCUT2D eigenvalue weighted by Gasteiger charge is -2.14. The van der Waals surface area contributed by atoms with Crippen LogP contribution in [0.15, 0.2) is 18.2 Å². The van der Waals surface area contributed by atoms with Crippen LogP contribution in [0.3, 0.4) is 0 Å². The Bertz CT molecular complexity index is 1030. The van der Waals surface area contributed by atoms with Crippen LogP contribution >= 0.6 is 11.3 Å². The largest absolute Gasteiger partial charge is 0.493 e. The summed E-state index contributed by atoms with van der Waals surface area (Å²) in [5, 5.41) is 3.19. The average molecular weight is 476 g/mol. The van der Waals surface area contributed by atoms with E-state index < -0.39 is 24.5 Å². The van der Waals surface area contributed by atoms with Gasteiger partial charge in [-0.1, -0.05) is 6.07 Å². The van der Waals surface area contributed by atoms with E-state index in [2.05, 4.69) is 5.32 Å². The van der Waals surface area contributed by atoms with Crippen molar-refractivity contribution in [3.05, 3.63) is 39.8 Å². The first kappa shape index (κ1) is 24.6. The minimum Gasteiger partial charge on any atom is -0.493 e. The molecular weight excluding hydrogens is 446 g/mol. The van der Waals surface area contributed by atoms with Crippen molar-refractivity contribution in [3.8, 4) is 11.5 Å². The predicted octanol–water partition coefficient (Wildman–Crippen LogP) is 3.93. The molecule has 0 bridgehead atoms. The zero-order valence-electron chi connectivity index (χ0n) is 19.3. The van der Waals surface area contributed by atoms with Gasteiger partial charge in [0.1, 0.15) is 5.00 Å². The number of aryl methyl sites for hydroxylation is 1. The first-order chi connectivity index (χ1) is 15.8. The topological polar surface area (TPSA) is 100 Å². The second-order valence-electron chi connectivity index (χ2n) is 7.94. The Morgan fingerprint density at radius 2 is 1.79 bits per heavy atom. The molecule has 3 rings (SSSR count). The highest BCUT2D eigenvalue weighted by Gasteiger charge is 2.28. The number of benzene rings is 1. The molecule has 0 saturated carbocycles. The van der Waals surface area contributed by atoms with Crippen LogP contribution in [-0.2, 0) is 38.3 Å². The van der Waals surface area contributed by atoms with Crippen molar-refractivity contribution in [3.63, 3.8) is 0 Å². The highest BCUT2D eigenvalue weighted by atomic mass is 32.1. The fourth-order valence-corrected chi connectivity index (χ4v) is 4.95. The smallest absolute Gasteiger partial charge is 0.341 e. The Kier molecular flexibility index (Phi) is 8.32. The Morgan fingerprint density at radius 1 is 1.06 bits per heavy atom. The molecular formula is C24H29NO7S. The molecule has 0 radical (unpaired) electrons. The maximum Gasteiger partial charge on any atom is 0.341 e. The molecule has 0 saturated heterocycles. The molecule has 1 N–H and O–H groups in total.